The van der Waals surface area contributed by atoms with Gasteiger partial charge in [-0.2, -0.15) is 0 Å². The third-order valence-corrected chi connectivity index (χ3v) is 3.16. The summed E-state index contributed by atoms with van der Waals surface area (Å²) in [7, 11) is 0. The summed E-state index contributed by atoms with van der Waals surface area (Å²) in [5.74, 6) is -5.31. The predicted molar refractivity (Wildman–Crippen MR) is 70.7 cm³/mol. The molecule has 0 bridgehead atoms. The number of halogens is 5. The van der Waals surface area contributed by atoms with Crippen LogP contribution >= 0.6 is 23.2 Å². The first-order chi connectivity index (χ1) is 9.38. The van der Waals surface area contributed by atoms with Crippen LogP contribution in [-0.4, -0.2) is 5.91 Å². The van der Waals surface area contributed by atoms with Crippen molar-refractivity contribution in [2.24, 2.45) is 0 Å². The summed E-state index contributed by atoms with van der Waals surface area (Å²) in [6, 6.07) is 5.49. The largest absolute Gasteiger partial charge is 0.322 e. The van der Waals surface area contributed by atoms with E-state index in [-0.39, 0.29) is 16.3 Å². The molecule has 20 heavy (non-hydrogen) atoms. The minimum absolute atomic E-state index is 0.209. The van der Waals surface area contributed by atoms with Gasteiger partial charge < -0.3 is 5.32 Å². The summed E-state index contributed by atoms with van der Waals surface area (Å²) in [4.78, 5) is 11.8. The quantitative estimate of drug-likeness (QED) is 0.801. The van der Waals surface area contributed by atoms with E-state index in [1.165, 1.54) is 18.2 Å². The van der Waals surface area contributed by atoms with E-state index in [2.05, 4.69) is 5.32 Å². The number of hydrogen-bond donors (Lipinski definition) is 1. The van der Waals surface area contributed by atoms with Gasteiger partial charge in [-0.15, -0.1) is 0 Å². The van der Waals surface area contributed by atoms with Crippen molar-refractivity contribution in [3.05, 3.63) is 63.4 Å². The molecule has 0 atom stereocenters. The number of carbonyl (C=O) groups is 1. The SMILES string of the molecule is O=C(Nc1ccc(Cl)c(Cl)c1)c1cc(F)c(F)c(F)c1. The highest BCUT2D eigenvalue weighted by Crippen LogP contribution is 2.25. The minimum Gasteiger partial charge on any atom is -0.322 e. The molecule has 0 radical (unpaired) electrons. The van der Waals surface area contributed by atoms with E-state index < -0.39 is 23.4 Å². The third kappa shape index (κ3) is 3.05. The summed E-state index contributed by atoms with van der Waals surface area (Å²) in [5, 5.41) is 2.87. The van der Waals surface area contributed by atoms with Gasteiger partial charge in [0.1, 0.15) is 0 Å². The van der Waals surface area contributed by atoms with E-state index in [9.17, 15) is 18.0 Å². The second kappa shape index (κ2) is 5.73. The van der Waals surface area contributed by atoms with Crippen molar-refractivity contribution in [2.45, 2.75) is 0 Å². The van der Waals surface area contributed by atoms with Crippen molar-refractivity contribution in [2.75, 3.05) is 5.32 Å². The molecular formula is C13H6Cl2F3NO. The molecule has 0 aliphatic heterocycles. The van der Waals surface area contributed by atoms with E-state index in [1.807, 2.05) is 0 Å². The second-order valence-electron chi connectivity index (χ2n) is 3.84. The lowest BCUT2D eigenvalue weighted by molar-refractivity contribution is 0.102. The van der Waals surface area contributed by atoms with Crippen molar-refractivity contribution in [3.8, 4) is 0 Å². The lowest BCUT2D eigenvalue weighted by Crippen LogP contribution is -2.13. The Morgan fingerprint density at radius 2 is 1.55 bits per heavy atom. The highest BCUT2D eigenvalue weighted by molar-refractivity contribution is 6.42. The monoisotopic (exact) mass is 319 g/mol. The van der Waals surface area contributed by atoms with Gasteiger partial charge in [-0.05, 0) is 30.3 Å². The summed E-state index contributed by atoms with van der Waals surface area (Å²) in [5.41, 5.74) is -0.0676. The molecule has 0 unspecified atom stereocenters. The zero-order valence-electron chi connectivity index (χ0n) is 9.68. The van der Waals surface area contributed by atoms with Gasteiger partial charge in [0.15, 0.2) is 17.5 Å². The Morgan fingerprint density at radius 1 is 0.950 bits per heavy atom. The van der Waals surface area contributed by atoms with Gasteiger partial charge in [-0.3, -0.25) is 4.79 Å². The minimum atomic E-state index is -1.63. The fraction of sp³-hybridized carbons (Fsp3) is 0. The van der Waals surface area contributed by atoms with E-state index in [4.69, 9.17) is 23.2 Å². The van der Waals surface area contributed by atoms with Crippen LogP contribution in [0.1, 0.15) is 10.4 Å². The molecule has 2 aromatic rings. The topological polar surface area (TPSA) is 29.1 Å². The van der Waals surface area contributed by atoms with Crippen LogP contribution in [0.2, 0.25) is 10.0 Å². The third-order valence-electron chi connectivity index (χ3n) is 2.42. The van der Waals surface area contributed by atoms with Gasteiger partial charge in [0.25, 0.3) is 5.91 Å². The number of nitrogens with one attached hydrogen (secondary N) is 1. The maximum absolute atomic E-state index is 13.0. The van der Waals surface area contributed by atoms with Crippen LogP contribution < -0.4 is 5.32 Å². The molecule has 0 aliphatic carbocycles. The molecule has 0 heterocycles. The Hall–Kier alpha value is -1.72. The molecule has 0 aliphatic rings. The zero-order valence-corrected chi connectivity index (χ0v) is 11.2. The average Bonchev–Trinajstić information content (AvgIpc) is 2.39. The van der Waals surface area contributed by atoms with Crippen molar-refractivity contribution in [1.82, 2.24) is 0 Å². The molecule has 0 spiro atoms. The molecule has 2 rings (SSSR count). The Labute approximate surface area is 122 Å². The van der Waals surface area contributed by atoms with Gasteiger partial charge in [-0.25, -0.2) is 13.2 Å². The molecular weight excluding hydrogens is 314 g/mol. The van der Waals surface area contributed by atoms with Gasteiger partial charge >= 0.3 is 0 Å². The van der Waals surface area contributed by atoms with Crippen LogP contribution in [0, 0.1) is 17.5 Å². The zero-order chi connectivity index (χ0) is 14.9. The lowest BCUT2D eigenvalue weighted by atomic mass is 10.2. The van der Waals surface area contributed by atoms with Crippen molar-refractivity contribution in [3.63, 3.8) is 0 Å². The average molecular weight is 320 g/mol. The predicted octanol–water partition coefficient (Wildman–Crippen LogP) is 4.66. The normalized spacial score (nSPS) is 10.4. The van der Waals surface area contributed by atoms with E-state index in [0.29, 0.717) is 17.2 Å². The molecule has 2 nitrogen and oxygen atoms in total. The van der Waals surface area contributed by atoms with Gasteiger partial charge in [0, 0.05) is 11.3 Å². The Morgan fingerprint density at radius 3 is 2.10 bits per heavy atom. The maximum atomic E-state index is 13.0. The first-order valence-electron chi connectivity index (χ1n) is 5.29. The van der Waals surface area contributed by atoms with Crippen LogP contribution in [0.5, 0.6) is 0 Å². The van der Waals surface area contributed by atoms with Gasteiger partial charge in [-0.1, -0.05) is 23.2 Å². The van der Waals surface area contributed by atoms with E-state index in [1.54, 1.807) is 0 Å². The molecule has 0 aromatic heterocycles. The second-order valence-corrected chi connectivity index (χ2v) is 4.65. The first-order valence-corrected chi connectivity index (χ1v) is 6.05. The highest BCUT2D eigenvalue weighted by atomic mass is 35.5. The molecule has 2 aromatic carbocycles. The molecule has 0 saturated carbocycles. The van der Waals surface area contributed by atoms with Crippen LogP contribution in [0.4, 0.5) is 18.9 Å². The molecule has 104 valence electrons. The molecule has 0 fully saturated rings. The fourth-order valence-corrected chi connectivity index (χ4v) is 1.76. The van der Waals surface area contributed by atoms with Crippen molar-refractivity contribution >= 4 is 34.8 Å². The number of benzene rings is 2. The Kier molecular flexibility index (Phi) is 4.20. The Bertz CT molecular complexity index is 668. The molecule has 1 amide bonds. The number of hydrogen-bond acceptors (Lipinski definition) is 1. The smallest absolute Gasteiger partial charge is 0.255 e. The van der Waals surface area contributed by atoms with Crippen molar-refractivity contribution in [1.29, 1.82) is 0 Å². The summed E-state index contributed by atoms with van der Waals surface area (Å²) >= 11 is 11.5. The fourth-order valence-electron chi connectivity index (χ4n) is 1.46. The number of rotatable bonds is 2. The lowest BCUT2D eigenvalue weighted by Gasteiger charge is -2.07. The van der Waals surface area contributed by atoms with Crippen LogP contribution in [0.25, 0.3) is 0 Å². The maximum Gasteiger partial charge on any atom is 0.255 e. The first kappa shape index (κ1) is 14.7. The van der Waals surface area contributed by atoms with Crippen LogP contribution in [0.3, 0.4) is 0 Å². The van der Waals surface area contributed by atoms with Crippen LogP contribution in [0.15, 0.2) is 30.3 Å². The number of carbonyl (C=O) groups excluding carboxylic acids is 1. The number of anilines is 1. The summed E-state index contributed by atoms with van der Waals surface area (Å²) < 4.78 is 38.8. The van der Waals surface area contributed by atoms with E-state index in [0.717, 1.165) is 0 Å². The summed E-state index contributed by atoms with van der Waals surface area (Å²) in [6.07, 6.45) is 0. The Balaban J connectivity index is 2.26. The molecule has 1 N–H and O–H groups in total. The molecule has 0 saturated heterocycles. The van der Waals surface area contributed by atoms with Crippen LogP contribution in [-0.2, 0) is 0 Å². The molecule has 7 heteroatoms. The summed E-state index contributed by atoms with van der Waals surface area (Å²) in [6.45, 7) is 0. The highest BCUT2D eigenvalue weighted by Gasteiger charge is 2.15. The van der Waals surface area contributed by atoms with Gasteiger partial charge in [0.2, 0.25) is 0 Å². The van der Waals surface area contributed by atoms with E-state index >= 15 is 0 Å². The van der Waals surface area contributed by atoms with Gasteiger partial charge in [0.05, 0.1) is 10.0 Å². The standard InChI is InChI=1S/C13H6Cl2F3NO/c14-8-2-1-7(5-9(8)15)19-13(20)6-3-10(16)12(18)11(17)4-6/h1-5H,(H,19,20). The number of amides is 1. The van der Waals surface area contributed by atoms with Crippen molar-refractivity contribution < 1.29 is 18.0 Å².